The van der Waals surface area contributed by atoms with E-state index in [9.17, 15) is 24.8 Å². The Morgan fingerprint density at radius 2 is 1.97 bits per heavy atom. The molecule has 1 fully saturated rings. The number of nitriles is 1. The van der Waals surface area contributed by atoms with E-state index in [1.54, 1.807) is 49.5 Å². The number of para-hydroxylation sites is 1. The standard InChI is InChI=1S/C25H25N5O4/c1-30-19-11-3-2-8-15(19)20(21(30)23(32)33)25(24(27)34)12-6-4-9-16(25)22(31)29-18(14-26)17-10-5-7-13-28-17/h2-3,5,7-8,10-11,13,16,18H,4,6,9,12H2,1H3,(H2,27,34)(H,29,31)(H,32,33)/t16-,18?,25-/m0/s1. The number of nitrogens with two attached hydrogens (primary N) is 1. The third-order valence-electron chi connectivity index (χ3n) is 6.82. The van der Waals surface area contributed by atoms with Gasteiger partial charge in [0.1, 0.15) is 5.69 Å². The Morgan fingerprint density at radius 1 is 1.24 bits per heavy atom. The number of amides is 2. The van der Waals surface area contributed by atoms with E-state index in [-0.39, 0.29) is 17.7 Å². The molecule has 2 aromatic heterocycles. The van der Waals surface area contributed by atoms with Gasteiger partial charge in [0.25, 0.3) is 0 Å². The van der Waals surface area contributed by atoms with Crippen LogP contribution in [0.15, 0.2) is 48.7 Å². The third-order valence-corrected chi connectivity index (χ3v) is 6.82. The number of rotatable bonds is 6. The largest absolute Gasteiger partial charge is 0.477 e. The number of hydrogen-bond donors (Lipinski definition) is 3. The molecule has 34 heavy (non-hydrogen) atoms. The molecule has 0 saturated heterocycles. The number of primary amides is 1. The van der Waals surface area contributed by atoms with Crippen molar-refractivity contribution >= 4 is 28.7 Å². The van der Waals surface area contributed by atoms with Gasteiger partial charge >= 0.3 is 5.97 Å². The van der Waals surface area contributed by atoms with Crippen LogP contribution < -0.4 is 11.1 Å². The molecule has 9 heteroatoms. The number of aromatic nitrogens is 2. The maximum absolute atomic E-state index is 13.6. The number of fused-ring (bicyclic) bond motifs is 1. The molecule has 4 N–H and O–H groups in total. The number of carboxylic acids is 1. The Hall–Kier alpha value is -4.19. The van der Waals surface area contributed by atoms with Gasteiger partial charge in [-0.1, -0.05) is 37.1 Å². The molecule has 2 heterocycles. The van der Waals surface area contributed by atoms with Gasteiger partial charge < -0.3 is 20.7 Å². The van der Waals surface area contributed by atoms with Crippen molar-refractivity contribution in [3.05, 3.63) is 65.6 Å². The van der Waals surface area contributed by atoms with Gasteiger partial charge in [0, 0.05) is 29.7 Å². The molecule has 4 rings (SSSR count). The first kappa shape index (κ1) is 23.0. The molecule has 1 unspecified atom stereocenters. The molecular weight excluding hydrogens is 434 g/mol. The Bertz CT molecular complexity index is 1310. The molecule has 0 bridgehead atoms. The molecule has 1 aliphatic carbocycles. The maximum Gasteiger partial charge on any atom is 0.352 e. The van der Waals surface area contributed by atoms with Gasteiger partial charge in [-0.3, -0.25) is 14.6 Å². The van der Waals surface area contributed by atoms with E-state index in [0.29, 0.717) is 35.9 Å². The minimum Gasteiger partial charge on any atom is -0.477 e. The van der Waals surface area contributed by atoms with Gasteiger partial charge in [0.05, 0.1) is 23.1 Å². The number of nitrogens with one attached hydrogen (secondary N) is 1. The van der Waals surface area contributed by atoms with E-state index < -0.39 is 35.2 Å². The average molecular weight is 460 g/mol. The number of aromatic carboxylic acids is 1. The van der Waals surface area contributed by atoms with E-state index in [0.717, 1.165) is 0 Å². The third kappa shape index (κ3) is 3.57. The van der Waals surface area contributed by atoms with Crippen LogP contribution in [0.1, 0.15) is 53.5 Å². The van der Waals surface area contributed by atoms with Crippen LogP contribution in [0.4, 0.5) is 0 Å². The van der Waals surface area contributed by atoms with Crippen LogP contribution in [-0.4, -0.2) is 32.4 Å². The molecule has 1 aromatic carbocycles. The minimum atomic E-state index is -1.54. The lowest BCUT2D eigenvalue weighted by atomic mass is 9.60. The SMILES string of the molecule is Cn1c(C(=O)O)c([C@]2(C(N)=O)CCCC[C@H]2C(=O)NC(C#N)c2ccccn2)c2ccccc21. The number of carbonyl (C=O) groups excluding carboxylic acids is 2. The summed E-state index contributed by atoms with van der Waals surface area (Å²) in [6, 6.07) is 13.1. The van der Waals surface area contributed by atoms with Crippen LogP contribution in [0.5, 0.6) is 0 Å². The van der Waals surface area contributed by atoms with Crippen molar-refractivity contribution in [3.63, 3.8) is 0 Å². The van der Waals surface area contributed by atoms with Crippen molar-refractivity contribution in [2.75, 3.05) is 0 Å². The molecular formula is C25H25N5O4. The fourth-order valence-corrected chi connectivity index (χ4v) is 5.30. The number of nitrogens with zero attached hydrogens (tertiary/aromatic N) is 3. The summed E-state index contributed by atoms with van der Waals surface area (Å²) in [4.78, 5) is 43.3. The second kappa shape index (κ2) is 8.98. The zero-order valence-electron chi connectivity index (χ0n) is 18.7. The number of pyridine rings is 1. The van der Waals surface area contributed by atoms with E-state index in [1.165, 1.54) is 10.8 Å². The van der Waals surface area contributed by atoms with E-state index in [1.807, 2.05) is 6.07 Å². The summed E-state index contributed by atoms with van der Waals surface area (Å²) in [5.41, 5.74) is 5.66. The Labute approximate surface area is 196 Å². The summed E-state index contributed by atoms with van der Waals surface area (Å²) in [5.74, 6) is -3.43. The van der Waals surface area contributed by atoms with Gasteiger partial charge in [-0.2, -0.15) is 5.26 Å². The number of hydrogen-bond acceptors (Lipinski definition) is 5. The highest BCUT2D eigenvalue weighted by Crippen LogP contribution is 2.48. The summed E-state index contributed by atoms with van der Waals surface area (Å²) >= 11 is 0. The van der Waals surface area contributed by atoms with Crippen LogP contribution in [0, 0.1) is 17.2 Å². The van der Waals surface area contributed by atoms with E-state index in [4.69, 9.17) is 5.73 Å². The molecule has 1 aliphatic rings. The van der Waals surface area contributed by atoms with E-state index in [2.05, 4.69) is 10.3 Å². The first-order chi connectivity index (χ1) is 16.3. The lowest BCUT2D eigenvalue weighted by Crippen LogP contribution is -2.55. The van der Waals surface area contributed by atoms with Crippen LogP contribution in [0.25, 0.3) is 10.9 Å². The molecule has 0 spiro atoms. The fourth-order valence-electron chi connectivity index (χ4n) is 5.30. The normalized spacial score (nSPS) is 20.9. The lowest BCUT2D eigenvalue weighted by Gasteiger charge is -2.41. The van der Waals surface area contributed by atoms with Crippen molar-refractivity contribution in [1.82, 2.24) is 14.9 Å². The predicted molar refractivity (Wildman–Crippen MR) is 123 cm³/mol. The molecule has 1 saturated carbocycles. The van der Waals surface area contributed by atoms with Crippen molar-refractivity contribution in [1.29, 1.82) is 5.26 Å². The number of aryl methyl sites for hydroxylation is 1. The van der Waals surface area contributed by atoms with Gasteiger partial charge in [-0.25, -0.2) is 4.79 Å². The summed E-state index contributed by atoms with van der Waals surface area (Å²) in [7, 11) is 1.62. The van der Waals surface area contributed by atoms with Crippen molar-refractivity contribution in [2.45, 2.75) is 37.1 Å². The highest BCUT2D eigenvalue weighted by Gasteiger charge is 2.54. The molecule has 3 atom stereocenters. The zero-order valence-corrected chi connectivity index (χ0v) is 18.7. The van der Waals surface area contributed by atoms with Crippen LogP contribution in [0.2, 0.25) is 0 Å². The Balaban J connectivity index is 1.88. The highest BCUT2D eigenvalue weighted by molar-refractivity contribution is 6.06. The van der Waals surface area contributed by atoms with Gasteiger partial charge in [-0.15, -0.1) is 0 Å². The summed E-state index contributed by atoms with van der Waals surface area (Å²) in [6.07, 6.45) is 3.36. The first-order valence-corrected chi connectivity index (χ1v) is 11.0. The van der Waals surface area contributed by atoms with Crippen molar-refractivity contribution in [2.24, 2.45) is 18.7 Å². The first-order valence-electron chi connectivity index (χ1n) is 11.0. The molecule has 3 aromatic rings. The number of carbonyl (C=O) groups is 3. The topological polar surface area (TPSA) is 151 Å². The molecule has 174 valence electrons. The second-order valence-corrected chi connectivity index (χ2v) is 8.56. The van der Waals surface area contributed by atoms with Gasteiger partial charge in [0.2, 0.25) is 11.8 Å². The van der Waals surface area contributed by atoms with Crippen molar-refractivity contribution < 1.29 is 19.5 Å². The van der Waals surface area contributed by atoms with Crippen LogP contribution >= 0.6 is 0 Å². The Morgan fingerprint density at radius 3 is 2.62 bits per heavy atom. The van der Waals surface area contributed by atoms with Gasteiger partial charge in [-0.05, 0) is 31.0 Å². The second-order valence-electron chi connectivity index (χ2n) is 8.56. The van der Waals surface area contributed by atoms with Gasteiger partial charge in [0.15, 0.2) is 6.04 Å². The van der Waals surface area contributed by atoms with Crippen LogP contribution in [-0.2, 0) is 22.1 Å². The molecule has 0 aliphatic heterocycles. The monoisotopic (exact) mass is 459 g/mol. The minimum absolute atomic E-state index is 0.0683. The van der Waals surface area contributed by atoms with Crippen LogP contribution in [0.3, 0.4) is 0 Å². The lowest BCUT2D eigenvalue weighted by molar-refractivity contribution is -0.137. The highest BCUT2D eigenvalue weighted by atomic mass is 16.4. The quantitative estimate of drug-likeness (QED) is 0.515. The number of carboxylic acid groups (broad SMARTS) is 1. The predicted octanol–water partition coefficient (Wildman–Crippen LogP) is 2.57. The number of benzene rings is 1. The fraction of sp³-hybridized carbons (Fsp3) is 0.320. The zero-order chi connectivity index (χ0) is 24.5. The smallest absolute Gasteiger partial charge is 0.352 e. The average Bonchev–Trinajstić information content (AvgIpc) is 3.15. The Kier molecular flexibility index (Phi) is 6.07. The van der Waals surface area contributed by atoms with Crippen molar-refractivity contribution in [3.8, 4) is 6.07 Å². The summed E-state index contributed by atoms with van der Waals surface area (Å²) in [6.45, 7) is 0. The molecule has 2 amide bonds. The molecule has 0 radical (unpaired) electrons. The summed E-state index contributed by atoms with van der Waals surface area (Å²) < 4.78 is 1.52. The van der Waals surface area contributed by atoms with E-state index >= 15 is 0 Å². The summed E-state index contributed by atoms with van der Waals surface area (Å²) in [5, 5.41) is 23.1. The molecule has 9 nitrogen and oxygen atoms in total. The maximum atomic E-state index is 13.6.